The molecular weight excluding hydrogens is 366 g/mol. The number of hydrogen-bond acceptors (Lipinski definition) is 4. The Labute approximate surface area is 171 Å². The highest BCUT2D eigenvalue weighted by atomic mass is 16.3. The third-order valence-corrected chi connectivity index (χ3v) is 6.02. The molecule has 3 heterocycles. The number of nitrogens with one attached hydrogen (secondary N) is 1. The molecule has 1 unspecified atom stereocenters. The first kappa shape index (κ1) is 19.7. The second-order valence-electron chi connectivity index (χ2n) is 8.15. The van der Waals surface area contributed by atoms with Gasteiger partial charge < -0.3 is 14.6 Å². The summed E-state index contributed by atoms with van der Waals surface area (Å²) in [5.41, 5.74) is 1.89. The Morgan fingerprint density at radius 3 is 2.55 bits per heavy atom. The van der Waals surface area contributed by atoms with Gasteiger partial charge in [0, 0.05) is 32.2 Å². The zero-order chi connectivity index (χ0) is 20.1. The average molecular weight is 396 g/mol. The summed E-state index contributed by atoms with van der Waals surface area (Å²) >= 11 is 0. The smallest absolute Gasteiger partial charge is 0.257 e. The molecule has 1 aromatic carbocycles. The fraction of sp³-hybridized carbons (Fsp3) is 0.478. The largest absolute Gasteiger partial charge is 0.472 e. The lowest BCUT2D eigenvalue weighted by Gasteiger charge is -2.35. The molecule has 2 amide bonds. The number of nitrogens with zero attached hydrogens (tertiary/aromatic N) is 2. The third-order valence-electron chi connectivity index (χ3n) is 6.02. The van der Waals surface area contributed by atoms with Crippen LogP contribution in [0, 0.1) is 5.92 Å². The van der Waals surface area contributed by atoms with Crippen LogP contribution in [0.2, 0.25) is 0 Å². The van der Waals surface area contributed by atoms with Crippen LogP contribution in [0.1, 0.15) is 41.6 Å². The molecule has 2 aliphatic heterocycles. The van der Waals surface area contributed by atoms with Crippen LogP contribution in [0.25, 0.3) is 0 Å². The highest BCUT2D eigenvalue weighted by molar-refractivity contribution is 5.93. The molecular formula is C23H29N3O3. The first-order valence-electron chi connectivity index (χ1n) is 10.6. The van der Waals surface area contributed by atoms with E-state index < -0.39 is 0 Å². The van der Waals surface area contributed by atoms with Crippen molar-refractivity contribution in [3.05, 3.63) is 60.1 Å². The van der Waals surface area contributed by atoms with Gasteiger partial charge in [-0.2, -0.15) is 0 Å². The van der Waals surface area contributed by atoms with Crippen molar-refractivity contribution < 1.29 is 14.0 Å². The SMILES string of the molecule is O=C(NC1CCN(C(=O)c2ccoc2)CC1)C1CCCN(Cc2ccccc2)C1. The number of benzene rings is 1. The average Bonchev–Trinajstić information content (AvgIpc) is 3.30. The maximum Gasteiger partial charge on any atom is 0.257 e. The molecule has 1 atom stereocenters. The van der Waals surface area contributed by atoms with Gasteiger partial charge in [-0.1, -0.05) is 30.3 Å². The molecule has 0 spiro atoms. The minimum Gasteiger partial charge on any atom is -0.472 e. The number of rotatable bonds is 5. The molecule has 6 heteroatoms. The van der Waals surface area contributed by atoms with Crippen molar-refractivity contribution >= 4 is 11.8 Å². The minimum atomic E-state index is 0.00682. The van der Waals surface area contributed by atoms with Gasteiger partial charge >= 0.3 is 0 Å². The summed E-state index contributed by atoms with van der Waals surface area (Å²) in [6, 6.07) is 12.3. The van der Waals surface area contributed by atoms with Crippen LogP contribution in [-0.2, 0) is 11.3 Å². The molecule has 6 nitrogen and oxygen atoms in total. The van der Waals surface area contributed by atoms with Crippen molar-refractivity contribution in [1.29, 1.82) is 0 Å². The Bertz CT molecular complexity index is 798. The molecule has 4 rings (SSSR count). The fourth-order valence-electron chi connectivity index (χ4n) is 4.37. The Morgan fingerprint density at radius 2 is 1.83 bits per heavy atom. The van der Waals surface area contributed by atoms with Gasteiger partial charge in [0.15, 0.2) is 0 Å². The lowest BCUT2D eigenvalue weighted by atomic mass is 9.95. The highest BCUT2D eigenvalue weighted by Crippen LogP contribution is 2.20. The molecule has 2 fully saturated rings. The quantitative estimate of drug-likeness (QED) is 0.845. The first-order chi connectivity index (χ1) is 14.2. The molecule has 2 aliphatic rings. The van der Waals surface area contributed by atoms with Gasteiger partial charge in [-0.15, -0.1) is 0 Å². The Morgan fingerprint density at radius 1 is 1.03 bits per heavy atom. The van der Waals surface area contributed by atoms with Crippen molar-refractivity contribution in [2.75, 3.05) is 26.2 Å². The van der Waals surface area contributed by atoms with Crippen molar-refractivity contribution in [3.63, 3.8) is 0 Å². The number of piperidine rings is 2. The summed E-state index contributed by atoms with van der Waals surface area (Å²) in [6.45, 7) is 4.10. The predicted octanol–water partition coefficient (Wildman–Crippen LogP) is 2.91. The molecule has 2 aromatic rings. The lowest BCUT2D eigenvalue weighted by molar-refractivity contribution is -0.127. The highest BCUT2D eigenvalue weighted by Gasteiger charge is 2.29. The fourth-order valence-corrected chi connectivity index (χ4v) is 4.37. The summed E-state index contributed by atoms with van der Waals surface area (Å²) in [6.07, 6.45) is 6.62. The standard InChI is InChI=1S/C23H29N3O3/c27-22(19-7-4-11-25(16-19)15-18-5-2-1-3-6-18)24-21-8-12-26(13-9-21)23(28)20-10-14-29-17-20/h1-3,5-6,10,14,17,19,21H,4,7-9,11-13,15-16H2,(H,24,27). The van der Waals surface area contributed by atoms with Crippen LogP contribution in [0.4, 0.5) is 0 Å². The Kier molecular flexibility index (Phi) is 6.30. The van der Waals surface area contributed by atoms with Crippen molar-refractivity contribution in [2.24, 2.45) is 5.92 Å². The van der Waals surface area contributed by atoms with Crippen LogP contribution in [0.3, 0.4) is 0 Å². The summed E-state index contributed by atoms with van der Waals surface area (Å²) in [5, 5.41) is 3.25. The van der Waals surface area contributed by atoms with Crippen molar-refractivity contribution in [3.8, 4) is 0 Å². The second-order valence-corrected chi connectivity index (χ2v) is 8.15. The maximum atomic E-state index is 12.8. The van der Waals surface area contributed by atoms with E-state index in [1.54, 1.807) is 6.07 Å². The van der Waals surface area contributed by atoms with Gasteiger partial charge in [-0.05, 0) is 43.9 Å². The lowest BCUT2D eigenvalue weighted by Crippen LogP contribution is -2.50. The molecule has 2 saturated heterocycles. The summed E-state index contributed by atoms with van der Waals surface area (Å²) in [4.78, 5) is 29.5. The van der Waals surface area contributed by atoms with Gasteiger partial charge in [-0.25, -0.2) is 0 Å². The molecule has 0 saturated carbocycles. The number of hydrogen-bond donors (Lipinski definition) is 1. The summed E-state index contributed by atoms with van der Waals surface area (Å²) in [7, 11) is 0. The molecule has 29 heavy (non-hydrogen) atoms. The number of carbonyl (C=O) groups excluding carboxylic acids is 2. The summed E-state index contributed by atoms with van der Waals surface area (Å²) < 4.78 is 5.00. The third kappa shape index (κ3) is 5.07. The Balaban J connectivity index is 1.24. The number of amides is 2. The van der Waals surface area contributed by atoms with E-state index in [1.165, 1.54) is 18.1 Å². The molecule has 0 radical (unpaired) electrons. The molecule has 1 N–H and O–H groups in total. The number of carbonyl (C=O) groups is 2. The van der Waals surface area contributed by atoms with E-state index in [0.717, 1.165) is 45.3 Å². The van der Waals surface area contributed by atoms with E-state index >= 15 is 0 Å². The van der Waals surface area contributed by atoms with Crippen LogP contribution in [-0.4, -0.2) is 53.8 Å². The van der Waals surface area contributed by atoms with Crippen LogP contribution >= 0.6 is 0 Å². The van der Waals surface area contributed by atoms with Crippen LogP contribution < -0.4 is 5.32 Å². The van der Waals surface area contributed by atoms with Crippen molar-refractivity contribution in [1.82, 2.24) is 15.1 Å². The second kappa shape index (κ2) is 9.27. The topological polar surface area (TPSA) is 65.8 Å². The molecule has 154 valence electrons. The predicted molar refractivity (Wildman–Crippen MR) is 110 cm³/mol. The van der Waals surface area contributed by atoms with Gasteiger partial charge in [0.25, 0.3) is 5.91 Å². The Hall–Kier alpha value is -2.60. The molecule has 1 aromatic heterocycles. The van der Waals surface area contributed by atoms with E-state index in [1.807, 2.05) is 11.0 Å². The van der Waals surface area contributed by atoms with Gasteiger partial charge in [0.05, 0.1) is 17.7 Å². The number of furan rings is 1. The monoisotopic (exact) mass is 395 g/mol. The van der Waals surface area contributed by atoms with E-state index in [-0.39, 0.29) is 23.8 Å². The first-order valence-corrected chi connectivity index (χ1v) is 10.6. The van der Waals surface area contributed by atoms with E-state index in [4.69, 9.17) is 4.42 Å². The zero-order valence-corrected chi connectivity index (χ0v) is 16.8. The van der Waals surface area contributed by atoms with E-state index in [9.17, 15) is 9.59 Å². The summed E-state index contributed by atoms with van der Waals surface area (Å²) in [5.74, 6) is 0.229. The van der Waals surface area contributed by atoms with Gasteiger partial charge in [-0.3, -0.25) is 14.5 Å². The minimum absolute atomic E-state index is 0.00682. The maximum absolute atomic E-state index is 12.8. The van der Waals surface area contributed by atoms with Crippen LogP contribution in [0.5, 0.6) is 0 Å². The number of likely N-dealkylation sites (tertiary alicyclic amines) is 2. The van der Waals surface area contributed by atoms with Gasteiger partial charge in [0.1, 0.15) is 6.26 Å². The zero-order valence-electron chi connectivity index (χ0n) is 16.8. The van der Waals surface area contributed by atoms with Crippen LogP contribution in [0.15, 0.2) is 53.3 Å². The molecule has 0 bridgehead atoms. The normalized spacial score (nSPS) is 21.1. The van der Waals surface area contributed by atoms with E-state index in [2.05, 4.69) is 34.5 Å². The molecule has 0 aliphatic carbocycles. The van der Waals surface area contributed by atoms with Crippen molar-refractivity contribution in [2.45, 2.75) is 38.3 Å². The van der Waals surface area contributed by atoms with Gasteiger partial charge in [0.2, 0.25) is 5.91 Å². The van der Waals surface area contributed by atoms with E-state index in [0.29, 0.717) is 18.7 Å².